The third kappa shape index (κ3) is 4.56. The summed E-state index contributed by atoms with van der Waals surface area (Å²) in [6.07, 6.45) is 3.74. The largest absolute Gasteiger partial charge is 0.340 e. The molecule has 0 spiro atoms. The summed E-state index contributed by atoms with van der Waals surface area (Å²) >= 11 is 3.45. The van der Waals surface area contributed by atoms with Gasteiger partial charge in [-0.1, -0.05) is 28.1 Å². The van der Waals surface area contributed by atoms with Crippen molar-refractivity contribution in [1.82, 2.24) is 10.2 Å². The van der Waals surface area contributed by atoms with Crippen molar-refractivity contribution < 1.29 is 4.79 Å². The van der Waals surface area contributed by atoms with Gasteiger partial charge in [-0.05, 0) is 37.0 Å². The number of hydrogen-bond donors (Lipinski definition) is 1. The van der Waals surface area contributed by atoms with Crippen LogP contribution in [0.3, 0.4) is 0 Å². The molecule has 24 heavy (non-hydrogen) atoms. The minimum Gasteiger partial charge on any atom is -0.340 e. The van der Waals surface area contributed by atoms with Crippen molar-refractivity contribution >= 4 is 21.8 Å². The van der Waals surface area contributed by atoms with Gasteiger partial charge in [0.25, 0.3) is 0 Å². The van der Waals surface area contributed by atoms with Crippen LogP contribution >= 0.6 is 15.9 Å². The molecule has 0 saturated heterocycles. The van der Waals surface area contributed by atoms with Gasteiger partial charge in [0.2, 0.25) is 5.91 Å². The molecule has 0 radical (unpaired) electrons. The van der Waals surface area contributed by atoms with Crippen LogP contribution in [-0.4, -0.2) is 30.4 Å². The van der Waals surface area contributed by atoms with Crippen LogP contribution in [0.4, 0.5) is 0 Å². The minimum atomic E-state index is -0.132. The molecule has 2 rings (SSSR count). The topological polar surface area (TPSA) is 79.9 Å². The van der Waals surface area contributed by atoms with E-state index in [-0.39, 0.29) is 30.8 Å². The van der Waals surface area contributed by atoms with Crippen LogP contribution in [0, 0.1) is 22.7 Å². The lowest BCUT2D eigenvalue weighted by Crippen LogP contribution is -2.52. The second-order valence-electron chi connectivity index (χ2n) is 5.99. The van der Waals surface area contributed by atoms with Crippen LogP contribution in [0.2, 0.25) is 0 Å². The number of nitrogens with one attached hydrogen (secondary N) is 1. The van der Waals surface area contributed by atoms with Gasteiger partial charge in [0.15, 0.2) is 0 Å². The number of carbonyl (C=O) groups excluding carboxylic acids is 1. The Balaban J connectivity index is 1.98. The summed E-state index contributed by atoms with van der Waals surface area (Å²) in [6.45, 7) is 0.987. The van der Waals surface area contributed by atoms with Crippen LogP contribution in [0.5, 0.6) is 0 Å². The van der Waals surface area contributed by atoms with Crippen LogP contribution in [0.1, 0.15) is 37.7 Å². The third-order valence-corrected chi connectivity index (χ3v) is 5.05. The molecular formula is C18H21BrN4O. The fourth-order valence-corrected chi connectivity index (χ4v) is 3.22. The fraction of sp³-hybridized carbons (Fsp3) is 0.500. The second kappa shape index (κ2) is 8.82. The lowest BCUT2D eigenvalue weighted by molar-refractivity contribution is -0.130. The van der Waals surface area contributed by atoms with E-state index in [0.717, 1.165) is 23.7 Å². The maximum absolute atomic E-state index is 12.5. The first-order chi connectivity index (χ1) is 11.6. The number of rotatable bonds is 8. The average molecular weight is 389 g/mol. The first-order valence-corrected chi connectivity index (χ1v) is 8.93. The van der Waals surface area contributed by atoms with Gasteiger partial charge in [-0.2, -0.15) is 10.5 Å². The Morgan fingerprint density at radius 2 is 1.75 bits per heavy atom. The smallest absolute Gasteiger partial charge is 0.236 e. The zero-order valence-electron chi connectivity index (χ0n) is 13.6. The molecule has 0 unspecified atom stereocenters. The number of halogens is 1. The van der Waals surface area contributed by atoms with Gasteiger partial charge in [0.05, 0.1) is 31.5 Å². The molecule has 0 aliphatic heterocycles. The van der Waals surface area contributed by atoms with E-state index in [1.807, 2.05) is 12.1 Å². The van der Waals surface area contributed by atoms with E-state index in [4.69, 9.17) is 10.5 Å². The molecule has 0 bridgehead atoms. The molecule has 5 nitrogen and oxygen atoms in total. The first-order valence-electron chi connectivity index (χ1n) is 8.14. The summed E-state index contributed by atoms with van der Waals surface area (Å²) in [7, 11) is 0. The SMILES string of the molecule is N#CCCN(CCC#N)C(=O)CNC1(c2ccc(Br)cc2)CCC1. The van der Waals surface area contributed by atoms with Gasteiger partial charge in [0, 0.05) is 23.1 Å². The van der Waals surface area contributed by atoms with Gasteiger partial charge in [0.1, 0.15) is 0 Å². The molecule has 1 aliphatic rings. The molecule has 1 N–H and O–H groups in total. The van der Waals surface area contributed by atoms with Gasteiger partial charge >= 0.3 is 0 Å². The highest BCUT2D eigenvalue weighted by atomic mass is 79.9. The van der Waals surface area contributed by atoms with E-state index < -0.39 is 0 Å². The van der Waals surface area contributed by atoms with Crippen molar-refractivity contribution in [2.45, 2.75) is 37.6 Å². The van der Waals surface area contributed by atoms with E-state index >= 15 is 0 Å². The normalized spacial score (nSPS) is 15.0. The second-order valence-corrected chi connectivity index (χ2v) is 6.91. The quantitative estimate of drug-likeness (QED) is 0.741. The Hall–Kier alpha value is -1.89. The molecule has 1 aliphatic carbocycles. The predicted octanol–water partition coefficient (Wildman–Crippen LogP) is 3.07. The zero-order valence-corrected chi connectivity index (χ0v) is 15.2. The molecule has 1 saturated carbocycles. The molecule has 126 valence electrons. The van der Waals surface area contributed by atoms with Crippen LogP contribution < -0.4 is 5.32 Å². The first kappa shape index (κ1) is 18.4. The summed E-state index contributed by atoms with van der Waals surface area (Å²) in [5.74, 6) is -0.0520. The van der Waals surface area contributed by atoms with E-state index in [0.29, 0.717) is 13.1 Å². The van der Waals surface area contributed by atoms with Gasteiger partial charge < -0.3 is 4.90 Å². The molecule has 1 amide bonds. The van der Waals surface area contributed by atoms with E-state index in [2.05, 4.69) is 45.5 Å². The average Bonchev–Trinajstić information content (AvgIpc) is 2.55. The monoisotopic (exact) mass is 388 g/mol. The number of benzene rings is 1. The molecule has 0 heterocycles. The molecule has 1 aromatic carbocycles. The van der Waals surface area contributed by atoms with E-state index in [9.17, 15) is 4.79 Å². The van der Waals surface area contributed by atoms with Crippen molar-refractivity contribution in [3.8, 4) is 12.1 Å². The molecule has 1 aromatic rings. The molecule has 0 aromatic heterocycles. The predicted molar refractivity (Wildman–Crippen MR) is 94.7 cm³/mol. The highest BCUT2D eigenvalue weighted by Gasteiger charge is 2.38. The van der Waals surface area contributed by atoms with E-state index in [1.165, 1.54) is 5.56 Å². The Kier molecular flexibility index (Phi) is 6.78. The minimum absolute atomic E-state index is 0.0520. The van der Waals surface area contributed by atoms with Crippen molar-refractivity contribution in [2.75, 3.05) is 19.6 Å². The van der Waals surface area contributed by atoms with Crippen molar-refractivity contribution in [3.05, 3.63) is 34.3 Å². The van der Waals surface area contributed by atoms with Crippen LogP contribution in [-0.2, 0) is 10.3 Å². The Labute approximate surface area is 151 Å². The van der Waals surface area contributed by atoms with Gasteiger partial charge in [-0.25, -0.2) is 0 Å². The molecule has 1 fully saturated rings. The van der Waals surface area contributed by atoms with Crippen LogP contribution in [0.25, 0.3) is 0 Å². The molecule has 6 heteroatoms. The van der Waals surface area contributed by atoms with Crippen molar-refractivity contribution in [1.29, 1.82) is 10.5 Å². The lowest BCUT2D eigenvalue weighted by atomic mass is 9.72. The van der Waals surface area contributed by atoms with Crippen molar-refractivity contribution in [2.24, 2.45) is 0 Å². The zero-order chi connectivity index (χ0) is 17.4. The van der Waals surface area contributed by atoms with Crippen LogP contribution in [0.15, 0.2) is 28.7 Å². The maximum atomic E-state index is 12.5. The number of amides is 1. The third-order valence-electron chi connectivity index (χ3n) is 4.52. The maximum Gasteiger partial charge on any atom is 0.236 e. The molecule has 0 atom stereocenters. The summed E-state index contributed by atoms with van der Waals surface area (Å²) in [6, 6.07) is 12.3. The Bertz CT molecular complexity index is 622. The lowest BCUT2D eigenvalue weighted by Gasteiger charge is -2.43. The Morgan fingerprint density at radius 1 is 1.17 bits per heavy atom. The fourth-order valence-electron chi connectivity index (χ4n) is 2.95. The summed E-state index contributed by atoms with van der Waals surface area (Å²) < 4.78 is 1.04. The number of hydrogen-bond acceptors (Lipinski definition) is 4. The summed E-state index contributed by atoms with van der Waals surface area (Å²) in [5.41, 5.74) is 1.07. The highest BCUT2D eigenvalue weighted by molar-refractivity contribution is 9.10. The highest BCUT2D eigenvalue weighted by Crippen LogP contribution is 2.41. The standard InChI is InChI=1S/C18H21BrN4O/c19-16-6-4-15(5-7-16)18(8-1-9-18)22-14-17(24)23(12-2-10-20)13-3-11-21/h4-7,22H,1-3,8-9,12-14H2. The van der Waals surface area contributed by atoms with E-state index in [1.54, 1.807) is 4.90 Å². The van der Waals surface area contributed by atoms with Gasteiger partial charge in [-0.3, -0.25) is 10.1 Å². The summed E-state index contributed by atoms with van der Waals surface area (Å²) in [4.78, 5) is 14.1. The van der Waals surface area contributed by atoms with Gasteiger partial charge in [-0.15, -0.1) is 0 Å². The number of nitriles is 2. The molecular weight excluding hydrogens is 368 g/mol. The number of nitrogens with zero attached hydrogens (tertiary/aromatic N) is 3. The number of carbonyl (C=O) groups is 1. The Morgan fingerprint density at radius 3 is 2.21 bits per heavy atom. The summed E-state index contributed by atoms with van der Waals surface area (Å²) in [5, 5.41) is 20.9. The van der Waals surface area contributed by atoms with Crippen molar-refractivity contribution in [3.63, 3.8) is 0 Å².